The van der Waals surface area contributed by atoms with Gasteiger partial charge in [0.25, 0.3) is 0 Å². The van der Waals surface area contributed by atoms with Crippen LogP contribution in [-0.4, -0.2) is 26.3 Å². The molecule has 0 atom stereocenters. The number of nitro groups is 1. The largest absolute Gasteiger partial charge is 0.493 e. The van der Waals surface area contributed by atoms with Crippen molar-refractivity contribution in [2.24, 2.45) is 0 Å². The highest BCUT2D eigenvalue weighted by molar-refractivity contribution is 5.83. The van der Waals surface area contributed by atoms with Gasteiger partial charge >= 0.3 is 5.69 Å². The maximum absolute atomic E-state index is 11.0. The molecule has 0 aliphatic heterocycles. The van der Waals surface area contributed by atoms with E-state index in [4.69, 9.17) is 19.5 Å². The van der Waals surface area contributed by atoms with Crippen molar-refractivity contribution in [2.45, 2.75) is 0 Å². The van der Waals surface area contributed by atoms with Gasteiger partial charge in [-0.1, -0.05) is 6.07 Å². The molecule has 128 valence electrons. The van der Waals surface area contributed by atoms with Gasteiger partial charge in [-0.05, 0) is 41.0 Å². The summed E-state index contributed by atoms with van der Waals surface area (Å²) < 4.78 is 15.6. The predicted molar refractivity (Wildman–Crippen MR) is 91.9 cm³/mol. The Bertz CT molecular complexity index is 868. The van der Waals surface area contributed by atoms with Gasteiger partial charge in [-0.2, -0.15) is 5.26 Å². The Morgan fingerprint density at radius 1 is 1.00 bits per heavy atom. The van der Waals surface area contributed by atoms with E-state index in [9.17, 15) is 10.1 Å². The number of allylic oxidation sites excluding steroid dienone is 1. The summed E-state index contributed by atoms with van der Waals surface area (Å²) in [6.07, 6.45) is 1.36. The minimum Gasteiger partial charge on any atom is -0.493 e. The molecule has 0 saturated carbocycles. The highest BCUT2D eigenvalue weighted by atomic mass is 16.6. The monoisotopic (exact) mass is 340 g/mol. The van der Waals surface area contributed by atoms with Crippen LogP contribution in [0.4, 0.5) is 5.69 Å². The summed E-state index contributed by atoms with van der Waals surface area (Å²) >= 11 is 0. The lowest BCUT2D eigenvalue weighted by Crippen LogP contribution is -1.97. The van der Waals surface area contributed by atoms with Gasteiger partial charge in [-0.15, -0.1) is 0 Å². The van der Waals surface area contributed by atoms with Crippen LogP contribution in [0.5, 0.6) is 17.2 Å². The van der Waals surface area contributed by atoms with Crippen LogP contribution in [0.2, 0.25) is 0 Å². The number of ether oxygens (including phenoxy) is 3. The fraction of sp³-hybridized carbons (Fsp3) is 0.167. The average molecular weight is 340 g/mol. The summed E-state index contributed by atoms with van der Waals surface area (Å²) in [6, 6.07) is 11.7. The van der Waals surface area contributed by atoms with E-state index in [0.717, 1.165) is 0 Å². The first-order valence-electron chi connectivity index (χ1n) is 7.20. The Labute approximate surface area is 144 Å². The number of nitriles is 1. The van der Waals surface area contributed by atoms with Crippen molar-refractivity contribution in [3.8, 4) is 23.3 Å². The second-order valence-electron chi connectivity index (χ2n) is 4.90. The number of nitro benzene ring substituents is 1. The molecule has 0 spiro atoms. The number of methoxy groups -OCH3 is 3. The summed E-state index contributed by atoms with van der Waals surface area (Å²) in [7, 11) is 4.41. The Morgan fingerprint density at radius 2 is 1.56 bits per heavy atom. The van der Waals surface area contributed by atoms with E-state index in [1.165, 1.54) is 39.5 Å². The highest BCUT2D eigenvalue weighted by Gasteiger charge is 2.17. The maximum atomic E-state index is 11.0. The molecular formula is C18H16N2O5. The van der Waals surface area contributed by atoms with Crippen molar-refractivity contribution in [3.05, 3.63) is 63.7 Å². The van der Waals surface area contributed by atoms with Gasteiger partial charge in [0.1, 0.15) is 0 Å². The van der Waals surface area contributed by atoms with E-state index >= 15 is 0 Å². The zero-order valence-corrected chi connectivity index (χ0v) is 14.0. The molecule has 0 aliphatic rings. The molecule has 7 heteroatoms. The molecular weight excluding hydrogens is 324 g/mol. The fourth-order valence-electron chi connectivity index (χ4n) is 2.40. The standard InChI is InChI=1S/C18H16N2O5/c1-23-16-7-5-13(11-18(16)25-3)14(8-9-19)12-4-6-15(20(21)22)17(10-12)24-2/h4-8,10-11H,1-3H3/b14-8-. The zero-order chi connectivity index (χ0) is 18.4. The Morgan fingerprint density at radius 3 is 2.08 bits per heavy atom. The van der Waals surface area contributed by atoms with E-state index in [1.54, 1.807) is 24.3 Å². The molecule has 2 rings (SSSR count). The first-order chi connectivity index (χ1) is 12.0. The summed E-state index contributed by atoms with van der Waals surface area (Å²) in [5, 5.41) is 20.2. The topological polar surface area (TPSA) is 94.6 Å². The lowest BCUT2D eigenvalue weighted by molar-refractivity contribution is -0.385. The fourth-order valence-corrected chi connectivity index (χ4v) is 2.40. The van der Waals surface area contributed by atoms with Crippen LogP contribution in [0.25, 0.3) is 5.57 Å². The van der Waals surface area contributed by atoms with Crippen LogP contribution >= 0.6 is 0 Å². The Balaban J connectivity index is 2.59. The summed E-state index contributed by atoms with van der Waals surface area (Å²) in [4.78, 5) is 10.5. The number of rotatable bonds is 6. The number of nitrogens with zero attached hydrogens (tertiary/aromatic N) is 2. The molecule has 0 radical (unpaired) electrons. The maximum Gasteiger partial charge on any atom is 0.310 e. The van der Waals surface area contributed by atoms with Crippen LogP contribution in [0.3, 0.4) is 0 Å². The van der Waals surface area contributed by atoms with Gasteiger partial charge < -0.3 is 14.2 Å². The van der Waals surface area contributed by atoms with Gasteiger partial charge in [0, 0.05) is 12.1 Å². The third-order valence-corrected chi connectivity index (χ3v) is 3.59. The SMILES string of the molecule is COc1ccc(/C(=C\C#N)c2ccc([N+](=O)[O-])c(OC)c2)cc1OC. The first kappa shape index (κ1) is 17.8. The molecule has 0 fully saturated rings. The minimum atomic E-state index is -0.521. The van der Waals surface area contributed by atoms with Gasteiger partial charge in [-0.3, -0.25) is 10.1 Å². The molecule has 0 heterocycles. The van der Waals surface area contributed by atoms with E-state index in [0.29, 0.717) is 28.2 Å². The Kier molecular flexibility index (Phi) is 5.58. The summed E-state index contributed by atoms with van der Waals surface area (Å²) in [5.41, 5.74) is 1.75. The zero-order valence-electron chi connectivity index (χ0n) is 14.0. The second-order valence-corrected chi connectivity index (χ2v) is 4.90. The van der Waals surface area contributed by atoms with Crippen LogP contribution in [0.15, 0.2) is 42.5 Å². The third kappa shape index (κ3) is 3.70. The van der Waals surface area contributed by atoms with Crippen LogP contribution in [0.1, 0.15) is 11.1 Å². The van der Waals surface area contributed by atoms with Crippen molar-refractivity contribution < 1.29 is 19.1 Å². The van der Waals surface area contributed by atoms with Crippen LogP contribution in [-0.2, 0) is 0 Å². The van der Waals surface area contributed by atoms with Crippen molar-refractivity contribution in [3.63, 3.8) is 0 Å². The van der Waals surface area contributed by atoms with Crippen molar-refractivity contribution in [1.29, 1.82) is 5.26 Å². The molecule has 25 heavy (non-hydrogen) atoms. The van der Waals surface area contributed by atoms with Crippen LogP contribution < -0.4 is 14.2 Å². The third-order valence-electron chi connectivity index (χ3n) is 3.59. The second kappa shape index (κ2) is 7.84. The predicted octanol–water partition coefficient (Wildman–Crippen LogP) is 3.58. The number of hydrogen-bond donors (Lipinski definition) is 0. The van der Waals surface area contributed by atoms with Gasteiger partial charge in [0.2, 0.25) is 0 Å². The van der Waals surface area contributed by atoms with E-state index < -0.39 is 4.92 Å². The quantitative estimate of drug-likeness (QED) is 0.453. The van der Waals surface area contributed by atoms with Crippen molar-refractivity contribution >= 4 is 11.3 Å². The molecule has 2 aromatic carbocycles. The molecule has 0 saturated heterocycles. The molecule has 0 aliphatic carbocycles. The summed E-state index contributed by atoms with van der Waals surface area (Å²) in [6.45, 7) is 0. The van der Waals surface area contributed by atoms with Gasteiger partial charge in [0.05, 0.1) is 32.3 Å². The first-order valence-corrected chi connectivity index (χ1v) is 7.20. The number of hydrogen-bond acceptors (Lipinski definition) is 6. The van der Waals surface area contributed by atoms with Crippen LogP contribution in [0, 0.1) is 21.4 Å². The smallest absolute Gasteiger partial charge is 0.310 e. The molecule has 0 aromatic heterocycles. The Hall–Kier alpha value is -3.53. The van der Waals surface area contributed by atoms with Gasteiger partial charge in [-0.25, -0.2) is 0 Å². The number of benzene rings is 2. The van der Waals surface area contributed by atoms with Crippen molar-refractivity contribution in [2.75, 3.05) is 21.3 Å². The normalized spacial score (nSPS) is 10.7. The lowest BCUT2D eigenvalue weighted by atomic mass is 9.96. The van der Waals surface area contributed by atoms with Gasteiger partial charge in [0.15, 0.2) is 17.2 Å². The highest BCUT2D eigenvalue weighted by Crippen LogP contribution is 2.36. The average Bonchev–Trinajstić information content (AvgIpc) is 2.64. The molecule has 0 unspecified atom stereocenters. The minimum absolute atomic E-state index is 0.117. The molecule has 2 aromatic rings. The molecule has 0 amide bonds. The van der Waals surface area contributed by atoms with Crippen molar-refractivity contribution in [1.82, 2.24) is 0 Å². The molecule has 0 N–H and O–H groups in total. The lowest BCUT2D eigenvalue weighted by Gasteiger charge is -2.12. The van der Waals surface area contributed by atoms with E-state index in [2.05, 4.69) is 0 Å². The molecule has 0 bridgehead atoms. The van der Waals surface area contributed by atoms with E-state index in [-0.39, 0.29) is 11.4 Å². The summed E-state index contributed by atoms with van der Waals surface area (Å²) in [5.74, 6) is 1.19. The van der Waals surface area contributed by atoms with E-state index in [1.807, 2.05) is 6.07 Å². The molecule has 7 nitrogen and oxygen atoms in total.